The molecule has 2 atom stereocenters. The Hall–Kier alpha value is -3.19. The zero-order chi connectivity index (χ0) is 24.7. The SMILES string of the molecule is CCOC(c1ccccc1)C1N(C(c2ccccc2)c2ccccc2)C(=O)OC1(OCC)OCC. The summed E-state index contributed by atoms with van der Waals surface area (Å²) in [6, 6.07) is 28.5. The molecule has 0 bridgehead atoms. The first-order valence-electron chi connectivity index (χ1n) is 12.2. The summed E-state index contributed by atoms with van der Waals surface area (Å²) >= 11 is 0. The molecule has 2 unspecified atom stereocenters. The lowest BCUT2D eigenvalue weighted by Crippen LogP contribution is -2.54. The standard InChI is InChI=1S/C29H33NO5/c1-4-32-26(24-20-14-9-15-21-24)27-29(33-5-2,34-6-3)35-28(31)30(27)25(22-16-10-7-11-17-22)23-18-12-8-13-19-23/h7-21,25-27H,4-6H2,1-3H3. The van der Waals surface area contributed by atoms with Crippen LogP contribution in [-0.2, 0) is 18.9 Å². The van der Waals surface area contributed by atoms with Crippen LogP contribution in [0.1, 0.15) is 49.6 Å². The number of benzene rings is 3. The second kappa shape index (κ2) is 11.5. The molecule has 0 saturated carbocycles. The second-order valence-corrected chi connectivity index (χ2v) is 8.20. The van der Waals surface area contributed by atoms with Crippen molar-refractivity contribution in [2.45, 2.75) is 44.9 Å². The number of carbonyl (C=O) groups is 1. The van der Waals surface area contributed by atoms with Crippen molar-refractivity contribution in [3.05, 3.63) is 108 Å². The first kappa shape index (κ1) is 24.9. The molecule has 0 aromatic heterocycles. The zero-order valence-corrected chi connectivity index (χ0v) is 20.5. The van der Waals surface area contributed by atoms with Crippen LogP contribution in [0.2, 0.25) is 0 Å². The number of hydrogen-bond donors (Lipinski definition) is 0. The minimum absolute atomic E-state index is 0.298. The lowest BCUT2D eigenvalue weighted by molar-refractivity contribution is -0.361. The van der Waals surface area contributed by atoms with Crippen molar-refractivity contribution < 1.29 is 23.7 Å². The number of cyclic esters (lactones) is 1. The van der Waals surface area contributed by atoms with Gasteiger partial charge in [-0.3, -0.25) is 4.90 Å². The second-order valence-electron chi connectivity index (χ2n) is 8.20. The van der Waals surface area contributed by atoms with Crippen molar-refractivity contribution in [3.63, 3.8) is 0 Å². The summed E-state index contributed by atoms with van der Waals surface area (Å²) < 4.78 is 24.6. The molecule has 1 aliphatic rings. The van der Waals surface area contributed by atoms with Crippen LogP contribution in [0.15, 0.2) is 91.0 Å². The molecule has 4 rings (SSSR count). The zero-order valence-electron chi connectivity index (χ0n) is 20.5. The van der Waals surface area contributed by atoms with Gasteiger partial charge in [-0.25, -0.2) is 4.79 Å². The summed E-state index contributed by atoms with van der Waals surface area (Å²) in [5.74, 6) is -1.63. The average Bonchev–Trinajstić information content (AvgIpc) is 3.16. The summed E-state index contributed by atoms with van der Waals surface area (Å²) in [6.07, 6.45) is -1.07. The average molecular weight is 476 g/mol. The molecule has 35 heavy (non-hydrogen) atoms. The predicted molar refractivity (Wildman–Crippen MR) is 134 cm³/mol. The highest BCUT2D eigenvalue weighted by molar-refractivity contribution is 5.73. The maximum absolute atomic E-state index is 13.8. The van der Waals surface area contributed by atoms with E-state index >= 15 is 0 Å². The van der Waals surface area contributed by atoms with Crippen LogP contribution in [0.3, 0.4) is 0 Å². The van der Waals surface area contributed by atoms with E-state index in [4.69, 9.17) is 18.9 Å². The van der Waals surface area contributed by atoms with Gasteiger partial charge in [0, 0.05) is 6.61 Å². The van der Waals surface area contributed by atoms with Gasteiger partial charge in [-0.2, -0.15) is 0 Å². The molecule has 0 N–H and O–H groups in total. The van der Waals surface area contributed by atoms with E-state index < -0.39 is 30.3 Å². The van der Waals surface area contributed by atoms with Crippen LogP contribution >= 0.6 is 0 Å². The highest BCUT2D eigenvalue weighted by Crippen LogP contribution is 2.46. The van der Waals surface area contributed by atoms with E-state index in [-0.39, 0.29) is 0 Å². The normalized spacial score (nSPS) is 18.0. The van der Waals surface area contributed by atoms with Gasteiger partial charge in [0.15, 0.2) is 6.04 Å². The summed E-state index contributed by atoms with van der Waals surface area (Å²) in [4.78, 5) is 15.5. The topological polar surface area (TPSA) is 57.2 Å². The fourth-order valence-corrected chi connectivity index (χ4v) is 4.77. The van der Waals surface area contributed by atoms with Crippen LogP contribution in [-0.4, -0.2) is 42.8 Å². The molecule has 1 aliphatic heterocycles. The van der Waals surface area contributed by atoms with Crippen molar-refractivity contribution in [1.29, 1.82) is 0 Å². The Labute approximate surface area is 207 Å². The van der Waals surface area contributed by atoms with Gasteiger partial charge in [0.05, 0.1) is 19.3 Å². The van der Waals surface area contributed by atoms with E-state index in [0.29, 0.717) is 19.8 Å². The lowest BCUT2D eigenvalue weighted by atomic mass is 9.92. The van der Waals surface area contributed by atoms with Crippen LogP contribution in [0.25, 0.3) is 0 Å². The van der Waals surface area contributed by atoms with Gasteiger partial charge in [-0.15, -0.1) is 0 Å². The number of rotatable bonds is 11. The molecular weight excluding hydrogens is 442 g/mol. The van der Waals surface area contributed by atoms with Crippen molar-refractivity contribution in [1.82, 2.24) is 4.90 Å². The molecule has 1 fully saturated rings. The molecule has 6 nitrogen and oxygen atoms in total. The van der Waals surface area contributed by atoms with E-state index in [2.05, 4.69) is 0 Å². The molecule has 0 spiro atoms. The molecule has 3 aromatic rings. The Morgan fingerprint density at radius 1 is 0.743 bits per heavy atom. The van der Waals surface area contributed by atoms with Crippen LogP contribution in [0.4, 0.5) is 4.79 Å². The Kier molecular flexibility index (Phi) is 8.18. The van der Waals surface area contributed by atoms with Crippen molar-refractivity contribution in [3.8, 4) is 0 Å². The molecule has 6 heteroatoms. The number of carbonyl (C=O) groups excluding carboxylic acids is 1. The molecular formula is C29H33NO5. The maximum atomic E-state index is 13.8. The highest BCUT2D eigenvalue weighted by atomic mass is 16.9. The molecule has 1 heterocycles. The third kappa shape index (κ3) is 5.10. The molecule has 1 amide bonds. The van der Waals surface area contributed by atoms with Gasteiger partial charge in [-0.1, -0.05) is 91.0 Å². The maximum Gasteiger partial charge on any atom is 0.415 e. The van der Waals surface area contributed by atoms with E-state index in [1.807, 2.05) is 112 Å². The van der Waals surface area contributed by atoms with Gasteiger partial charge in [0.25, 0.3) is 0 Å². The minimum atomic E-state index is -1.63. The van der Waals surface area contributed by atoms with Gasteiger partial charge in [0.2, 0.25) is 0 Å². The predicted octanol–water partition coefficient (Wildman–Crippen LogP) is 6.10. The van der Waals surface area contributed by atoms with Gasteiger partial charge >= 0.3 is 12.1 Å². The third-order valence-corrected chi connectivity index (χ3v) is 6.06. The van der Waals surface area contributed by atoms with E-state index in [1.54, 1.807) is 4.90 Å². The van der Waals surface area contributed by atoms with Crippen LogP contribution in [0, 0.1) is 0 Å². The number of nitrogens with zero attached hydrogens (tertiary/aromatic N) is 1. The molecule has 0 radical (unpaired) electrons. The fourth-order valence-electron chi connectivity index (χ4n) is 4.77. The Morgan fingerprint density at radius 3 is 1.63 bits per heavy atom. The summed E-state index contributed by atoms with van der Waals surface area (Å²) in [7, 11) is 0. The quantitative estimate of drug-likeness (QED) is 0.314. The lowest BCUT2D eigenvalue weighted by Gasteiger charge is -2.40. The van der Waals surface area contributed by atoms with Crippen molar-refractivity contribution >= 4 is 6.09 Å². The molecule has 3 aromatic carbocycles. The van der Waals surface area contributed by atoms with Crippen molar-refractivity contribution in [2.75, 3.05) is 19.8 Å². The molecule has 184 valence electrons. The van der Waals surface area contributed by atoms with Crippen molar-refractivity contribution in [2.24, 2.45) is 0 Å². The first-order chi connectivity index (χ1) is 17.1. The van der Waals surface area contributed by atoms with E-state index in [9.17, 15) is 4.79 Å². The van der Waals surface area contributed by atoms with E-state index in [1.165, 1.54) is 0 Å². The fraction of sp³-hybridized carbons (Fsp3) is 0.345. The Morgan fingerprint density at radius 2 is 1.20 bits per heavy atom. The first-order valence-corrected chi connectivity index (χ1v) is 12.2. The monoisotopic (exact) mass is 475 g/mol. The number of ether oxygens (including phenoxy) is 4. The van der Waals surface area contributed by atoms with Gasteiger partial charge < -0.3 is 18.9 Å². The Balaban J connectivity index is 1.93. The van der Waals surface area contributed by atoms with E-state index in [0.717, 1.165) is 16.7 Å². The minimum Gasteiger partial charge on any atom is -0.389 e. The Bertz CT molecular complexity index is 1010. The highest BCUT2D eigenvalue weighted by Gasteiger charge is 2.62. The molecule has 1 saturated heterocycles. The third-order valence-electron chi connectivity index (χ3n) is 6.06. The summed E-state index contributed by atoms with van der Waals surface area (Å²) in [6.45, 7) is 6.69. The summed E-state index contributed by atoms with van der Waals surface area (Å²) in [5, 5.41) is 0. The van der Waals surface area contributed by atoms with Crippen LogP contribution < -0.4 is 0 Å². The van der Waals surface area contributed by atoms with Gasteiger partial charge in [0.1, 0.15) is 6.10 Å². The smallest absolute Gasteiger partial charge is 0.389 e. The number of amides is 1. The summed E-state index contributed by atoms with van der Waals surface area (Å²) in [5.41, 5.74) is 2.81. The largest absolute Gasteiger partial charge is 0.415 e. The van der Waals surface area contributed by atoms with Gasteiger partial charge in [-0.05, 0) is 37.5 Å². The molecule has 0 aliphatic carbocycles. The van der Waals surface area contributed by atoms with Crippen LogP contribution in [0.5, 0.6) is 0 Å². The number of hydrogen-bond acceptors (Lipinski definition) is 5.